The van der Waals surface area contributed by atoms with Gasteiger partial charge in [-0.1, -0.05) is 53.0 Å². The lowest BCUT2D eigenvalue weighted by Crippen LogP contribution is -1.97. The zero-order chi connectivity index (χ0) is 19.1. The number of aryl methyl sites for hydroxylation is 1. The van der Waals surface area contributed by atoms with E-state index >= 15 is 0 Å². The zero-order valence-electron chi connectivity index (χ0n) is 14.3. The smallest absolute Gasteiger partial charge is 0.124 e. The maximum Gasteiger partial charge on any atom is 0.124 e. The fourth-order valence-corrected chi connectivity index (χ4v) is 4.05. The van der Waals surface area contributed by atoms with E-state index in [0.717, 1.165) is 22.1 Å². The molecule has 0 radical (unpaired) electrons. The molecule has 2 aromatic heterocycles. The van der Waals surface area contributed by atoms with E-state index in [0.29, 0.717) is 37.7 Å². The maximum absolute atomic E-state index is 6.50. The number of benzene rings is 2. The number of nitrogen functional groups attached to an aromatic ring is 1. The van der Waals surface area contributed by atoms with E-state index in [1.807, 2.05) is 37.3 Å². The van der Waals surface area contributed by atoms with E-state index in [9.17, 15) is 0 Å². The molecule has 27 heavy (non-hydrogen) atoms. The van der Waals surface area contributed by atoms with Crippen molar-refractivity contribution in [2.45, 2.75) is 6.92 Å². The molecule has 2 N–H and O–H groups in total. The molecule has 2 aromatic carbocycles. The van der Waals surface area contributed by atoms with Crippen molar-refractivity contribution in [2.75, 3.05) is 5.73 Å². The second-order valence-corrected chi connectivity index (χ2v) is 7.45. The number of hydrogen-bond acceptors (Lipinski definition) is 3. The van der Waals surface area contributed by atoms with Gasteiger partial charge in [0.25, 0.3) is 0 Å². The van der Waals surface area contributed by atoms with Gasteiger partial charge in [0.2, 0.25) is 0 Å². The van der Waals surface area contributed by atoms with Crippen LogP contribution >= 0.6 is 34.8 Å². The molecule has 0 aliphatic carbocycles. The summed E-state index contributed by atoms with van der Waals surface area (Å²) in [6.45, 7) is 2.00. The lowest BCUT2D eigenvalue weighted by atomic mass is 9.98. The summed E-state index contributed by atoms with van der Waals surface area (Å²) in [5.74, 6) is 0.367. The molecular formula is C21H14Cl3N3. The number of hydrogen-bond donors (Lipinski definition) is 1. The van der Waals surface area contributed by atoms with Crippen molar-refractivity contribution < 1.29 is 0 Å². The van der Waals surface area contributed by atoms with Crippen LogP contribution in [0.15, 0.2) is 54.7 Å². The van der Waals surface area contributed by atoms with Crippen molar-refractivity contribution in [1.82, 2.24) is 9.97 Å². The lowest BCUT2D eigenvalue weighted by molar-refractivity contribution is 1.31. The first kappa shape index (κ1) is 18.1. The van der Waals surface area contributed by atoms with Gasteiger partial charge in [-0.3, -0.25) is 4.98 Å². The summed E-state index contributed by atoms with van der Waals surface area (Å²) >= 11 is 19.3. The van der Waals surface area contributed by atoms with Gasteiger partial charge in [-0.2, -0.15) is 0 Å². The van der Waals surface area contributed by atoms with Gasteiger partial charge in [-0.15, -0.1) is 0 Å². The van der Waals surface area contributed by atoms with Gasteiger partial charge in [-0.05, 0) is 48.4 Å². The summed E-state index contributed by atoms with van der Waals surface area (Å²) in [6, 6.07) is 15.0. The highest BCUT2D eigenvalue weighted by atomic mass is 35.5. The maximum atomic E-state index is 6.50. The Bertz CT molecular complexity index is 1170. The molecule has 0 saturated heterocycles. The van der Waals surface area contributed by atoms with Crippen LogP contribution < -0.4 is 5.73 Å². The molecule has 0 amide bonds. The van der Waals surface area contributed by atoms with Gasteiger partial charge in [0, 0.05) is 27.7 Å². The van der Waals surface area contributed by atoms with Gasteiger partial charge < -0.3 is 5.73 Å². The number of nitrogens with zero attached hydrogens (tertiary/aromatic N) is 2. The van der Waals surface area contributed by atoms with Crippen molar-refractivity contribution >= 4 is 51.5 Å². The molecule has 0 fully saturated rings. The summed E-state index contributed by atoms with van der Waals surface area (Å²) in [5, 5.41) is 2.52. The predicted octanol–water partition coefficient (Wildman–Crippen LogP) is 6.81. The molecule has 4 rings (SSSR count). The summed E-state index contributed by atoms with van der Waals surface area (Å²) in [7, 11) is 0. The number of nitrogens with two attached hydrogens (primary N) is 1. The fourth-order valence-electron chi connectivity index (χ4n) is 3.14. The van der Waals surface area contributed by atoms with Gasteiger partial charge in [0.1, 0.15) is 5.82 Å². The third kappa shape index (κ3) is 3.23. The van der Waals surface area contributed by atoms with Gasteiger partial charge in [-0.25, -0.2) is 4.98 Å². The van der Waals surface area contributed by atoms with Crippen LogP contribution in [0.1, 0.15) is 5.56 Å². The average molecular weight is 415 g/mol. The van der Waals surface area contributed by atoms with Crippen molar-refractivity contribution in [2.24, 2.45) is 0 Å². The summed E-state index contributed by atoms with van der Waals surface area (Å²) in [5.41, 5.74) is 10.8. The normalized spacial score (nSPS) is 11.1. The van der Waals surface area contributed by atoms with Crippen LogP contribution in [0.4, 0.5) is 5.82 Å². The van der Waals surface area contributed by atoms with Crippen LogP contribution in [-0.4, -0.2) is 9.97 Å². The van der Waals surface area contributed by atoms with Gasteiger partial charge in [0.15, 0.2) is 0 Å². The molecule has 0 bridgehead atoms. The third-order valence-electron chi connectivity index (χ3n) is 4.36. The number of pyridine rings is 2. The topological polar surface area (TPSA) is 51.8 Å². The third-order valence-corrected chi connectivity index (χ3v) is 5.30. The van der Waals surface area contributed by atoms with E-state index in [-0.39, 0.29) is 0 Å². The van der Waals surface area contributed by atoms with Crippen molar-refractivity contribution in [3.63, 3.8) is 0 Å². The van der Waals surface area contributed by atoms with Gasteiger partial charge >= 0.3 is 0 Å². The molecule has 6 heteroatoms. The van der Waals surface area contributed by atoms with Crippen LogP contribution in [0, 0.1) is 6.92 Å². The van der Waals surface area contributed by atoms with E-state index < -0.39 is 0 Å². The Hall–Kier alpha value is -2.33. The molecule has 0 aliphatic rings. The molecule has 134 valence electrons. The Morgan fingerprint density at radius 2 is 1.59 bits per heavy atom. The number of aromatic nitrogens is 2. The minimum atomic E-state index is 0.367. The SMILES string of the molecule is Cc1ccc(-c2cc(N)nc3c(-c4c(Cl)cccc4Cl)nccc23)c(Cl)c1. The quantitative estimate of drug-likeness (QED) is 0.392. The summed E-state index contributed by atoms with van der Waals surface area (Å²) in [6.07, 6.45) is 1.71. The van der Waals surface area contributed by atoms with Crippen LogP contribution in [0.25, 0.3) is 33.3 Å². The highest BCUT2D eigenvalue weighted by molar-refractivity contribution is 6.39. The van der Waals surface area contributed by atoms with Crippen LogP contribution in [0.2, 0.25) is 15.1 Å². The minimum absolute atomic E-state index is 0.367. The van der Waals surface area contributed by atoms with Crippen molar-refractivity contribution in [1.29, 1.82) is 0 Å². The van der Waals surface area contributed by atoms with E-state index in [2.05, 4.69) is 9.97 Å². The van der Waals surface area contributed by atoms with Crippen LogP contribution in [0.5, 0.6) is 0 Å². The summed E-state index contributed by atoms with van der Waals surface area (Å²) < 4.78 is 0. The molecule has 0 aliphatic heterocycles. The van der Waals surface area contributed by atoms with Crippen LogP contribution in [-0.2, 0) is 0 Å². The molecule has 0 atom stereocenters. The molecule has 0 saturated carbocycles. The Kier molecular flexibility index (Phi) is 4.68. The molecule has 3 nitrogen and oxygen atoms in total. The zero-order valence-corrected chi connectivity index (χ0v) is 16.6. The molecule has 0 unspecified atom stereocenters. The Morgan fingerprint density at radius 1 is 0.852 bits per heavy atom. The Labute approximate surface area is 171 Å². The second kappa shape index (κ2) is 7.01. The number of rotatable bonds is 2. The first-order valence-electron chi connectivity index (χ1n) is 8.22. The second-order valence-electron chi connectivity index (χ2n) is 6.23. The van der Waals surface area contributed by atoms with Crippen molar-refractivity contribution in [3.05, 3.63) is 75.4 Å². The van der Waals surface area contributed by atoms with Gasteiger partial charge in [0.05, 0.1) is 21.3 Å². The lowest BCUT2D eigenvalue weighted by Gasteiger charge is -2.13. The van der Waals surface area contributed by atoms with E-state index in [4.69, 9.17) is 40.5 Å². The summed E-state index contributed by atoms with van der Waals surface area (Å²) in [4.78, 5) is 9.01. The largest absolute Gasteiger partial charge is 0.384 e. The van der Waals surface area contributed by atoms with Crippen LogP contribution in [0.3, 0.4) is 0 Å². The molecule has 4 aromatic rings. The molecule has 0 spiro atoms. The monoisotopic (exact) mass is 413 g/mol. The highest BCUT2D eigenvalue weighted by Crippen LogP contribution is 2.40. The van der Waals surface area contributed by atoms with E-state index in [1.54, 1.807) is 24.4 Å². The first-order valence-corrected chi connectivity index (χ1v) is 9.35. The van der Waals surface area contributed by atoms with E-state index in [1.165, 1.54) is 0 Å². The fraction of sp³-hybridized carbons (Fsp3) is 0.0476. The number of fused-ring (bicyclic) bond motifs is 1. The standard InChI is InChI=1S/C21H14Cl3N3/c1-11-5-6-12(17(24)9-11)14-10-18(25)27-20-13(14)7-8-26-21(20)19-15(22)3-2-4-16(19)23/h2-10H,1H3,(H2,25,27). The molecule has 2 heterocycles. The minimum Gasteiger partial charge on any atom is -0.384 e. The average Bonchev–Trinajstić information content (AvgIpc) is 2.61. The molecular weight excluding hydrogens is 401 g/mol. The Balaban J connectivity index is 2.08. The number of halogens is 3. The highest BCUT2D eigenvalue weighted by Gasteiger charge is 2.17. The predicted molar refractivity (Wildman–Crippen MR) is 115 cm³/mol. The Morgan fingerprint density at radius 3 is 2.30 bits per heavy atom. The number of anilines is 1. The van der Waals surface area contributed by atoms with Crippen molar-refractivity contribution in [3.8, 4) is 22.4 Å². The first-order chi connectivity index (χ1) is 13.0.